The van der Waals surface area contributed by atoms with Crippen molar-refractivity contribution in [2.45, 2.75) is 51.7 Å². The third-order valence-electron chi connectivity index (χ3n) is 4.29. The smallest absolute Gasteiger partial charge is 0.321 e. The number of allylic oxidation sites excluding steroid dienone is 1. The Balaban J connectivity index is 2.08. The minimum Gasteiger partial charge on any atom is -0.338 e. The molecule has 3 amide bonds. The molecule has 30 heavy (non-hydrogen) atoms. The van der Waals surface area contributed by atoms with Crippen LogP contribution in [0.5, 0.6) is 0 Å². The van der Waals surface area contributed by atoms with Crippen molar-refractivity contribution in [3.63, 3.8) is 0 Å². The van der Waals surface area contributed by atoms with Crippen LogP contribution in [0.15, 0.2) is 42.1 Å². The Kier molecular flexibility index (Phi) is 8.23. The minimum atomic E-state index is -0.485. The summed E-state index contributed by atoms with van der Waals surface area (Å²) in [5, 5.41) is 14.1. The first kappa shape index (κ1) is 23.7. The van der Waals surface area contributed by atoms with Crippen molar-refractivity contribution in [2.24, 2.45) is 5.92 Å². The highest BCUT2D eigenvalue weighted by atomic mass is 32.2. The average Bonchev–Trinajstić information content (AvgIpc) is 3.07. The lowest BCUT2D eigenvalue weighted by Gasteiger charge is -2.19. The molecule has 0 saturated carbocycles. The molecule has 1 aromatic heterocycles. The number of carbonyl (C=O) groups is 2. The van der Waals surface area contributed by atoms with Gasteiger partial charge in [-0.25, -0.2) is 4.79 Å². The first-order valence-corrected chi connectivity index (χ1v) is 11.0. The zero-order valence-corrected chi connectivity index (χ0v) is 19.2. The quantitative estimate of drug-likeness (QED) is 0.489. The van der Waals surface area contributed by atoms with Gasteiger partial charge in [0.25, 0.3) is 0 Å². The third kappa shape index (κ3) is 6.73. The van der Waals surface area contributed by atoms with Crippen LogP contribution in [-0.4, -0.2) is 39.0 Å². The van der Waals surface area contributed by atoms with E-state index in [0.29, 0.717) is 30.0 Å². The van der Waals surface area contributed by atoms with Gasteiger partial charge in [-0.2, -0.15) is 0 Å². The van der Waals surface area contributed by atoms with Crippen LogP contribution in [0, 0.1) is 5.92 Å². The van der Waals surface area contributed by atoms with Crippen LogP contribution in [0.1, 0.15) is 40.2 Å². The Hall–Kier alpha value is -2.61. The molecule has 0 unspecified atom stereocenters. The zero-order chi connectivity index (χ0) is 22.3. The van der Waals surface area contributed by atoms with Gasteiger partial charge in [0.1, 0.15) is 0 Å². The summed E-state index contributed by atoms with van der Waals surface area (Å²) in [7, 11) is 0. The van der Waals surface area contributed by atoms with Crippen molar-refractivity contribution in [3.8, 4) is 11.4 Å². The maximum Gasteiger partial charge on any atom is 0.321 e. The van der Waals surface area contributed by atoms with Gasteiger partial charge in [-0.3, -0.25) is 14.7 Å². The first-order valence-electron chi connectivity index (χ1n) is 9.97. The number of urea groups is 1. The monoisotopic (exact) mass is 429 g/mol. The number of imide groups is 1. The SMILES string of the molecule is C=CCn1c(SCC(=O)NC(=O)NCC(C)C)nnc1-c1ccc(C(C)(C)C)cc1. The highest BCUT2D eigenvalue weighted by Gasteiger charge is 2.18. The number of carbonyl (C=O) groups excluding carboxylic acids is 2. The lowest BCUT2D eigenvalue weighted by atomic mass is 9.87. The summed E-state index contributed by atoms with van der Waals surface area (Å²) in [6.07, 6.45) is 1.76. The van der Waals surface area contributed by atoms with Gasteiger partial charge >= 0.3 is 6.03 Å². The molecule has 0 aliphatic heterocycles. The van der Waals surface area contributed by atoms with Crippen molar-refractivity contribution >= 4 is 23.7 Å². The van der Waals surface area contributed by atoms with E-state index in [1.807, 2.05) is 30.5 Å². The molecule has 0 radical (unpaired) electrons. The molecule has 0 atom stereocenters. The summed E-state index contributed by atoms with van der Waals surface area (Å²) >= 11 is 1.23. The highest BCUT2D eigenvalue weighted by molar-refractivity contribution is 7.99. The predicted molar refractivity (Wildman–Crippen MR) is 121 cm³/mol. The second-order valence-corrected chi connectivity index (χ2v) is 9.42. The van der Waals surface area contributed by atoms with Crippen LogP contribution >= 0.6 is 11.8 Å². The fraction of sp³-hybridized carbons (Fsp3) is 0.455. The van der Waals surface area contributed by atoms with Crippen LogP contribution in [-0.2, 0) is 16.8 Å². The summed E-state index contributed by atoms with van der Waals surface area (Å²) < 4.78 is 1.91. The fourth-order valence-corrected chi connectivity index (χ4v) is 3.40. The maximum absolute atomic E-state index is 12.1. The van der Waals surface area contributed by atoms with E-state index in [1.165, 1.54) is 17.3 Å². The number of nitrogens with zero attached hydrogens (tertiary/aromatic N) is 3. The highest BCUT2D eigenvalue weighted by Crippen LogP contribution is 2.27. The summed E-state index contributed by atoms with van der Waals surface area (Å²) in [6.45, 7) is 15.3. The molecule has 0 fully saturated rings. The number of amides is 3. The Morgan fingerprint density at radius 2 is 1.87 bits per heavy atom. The summed E-state index contributed by atoms with van der Waals surface area (Å²) in [5.41, 5.74) is 2.26. The van der Waals surface area contributed by atoms with Gasteiger partial charge in [0, 0.05) is 18.7 Å². The average molecular weight is 430 g/mol. The first-order chi connectivity index (χ1) is 14.1. The molecule has 2 N–H and O–H groups in total. The molecule has 0 aliphatic rings. The molecule has 1 aromatic carbocycles. The van der Waals surface area contributed by atoms with E-state index in [0.717, 1.165) is 5.56 Å². The largest absolute Gasteiger partial charge is 0.338 e. The van der Waals surface area contributed by atoms with Gasteiger partial charge in [0.2, 0.25) is 5.91 Å². The fourth-order valence-electron chi connectivity index (χ4n) is 2.66. The van der Waals surface area contributed by atoms with Gasteiger partial charge in [-0.15, -0.1) is 16.8 Å². The van der Waals surface area contributed by atoms with Crippen molar-refractivity contribution in [2.75, 3.05) is 12.3 Å². The molecule has 2 rings (SSSR count). The number of thioether (sulfide) groups is 1. The molecule has 0 saturated heterocycles. The molecular weight excluding hydrogens is 398 g/mol. The van der Waals surface area contributed by atoms with Crippen LogP contribution < -0.4 is 10.6 Å². The van der Waals surface area contributed by atoms with Crippen molar-refractivity contribution in [1.29, 1.82) is 0 Å². The second kappa shape index (κ2) is 10.4. The van der Waals surface area contributed by atoms with E-state index >= 15 is 0 Å². The Labute approximate surface area is 182 Å². The molecule has 1 heterocycles. The van der Waals surface area contributed by atoms with Crippen LogP contribution in [0.3, 0.4) is 0 Å². The molecule has 162 valence electrons. The summed E-state index contributed by atoms with van der Waals surface area (Å²) in [5.74, 6) is 0.708. The standard InChI is InChI=1S/C22H31N5O2S/c1-7-12-27-19(16-8-10-17(11-9-16)22(4,5)6)25-26-21(27)30-14-18(28)24-20(29)23-13-15(2)3/h7-11,15H,1,12-14H2,2-6H3,(H2,23,24,28,29). The number of rotatable bonds is 8. The number of nitrogens with one attached hydrogen (secondary N) is 2. The Bertz CT molecular complexity index is 882. The van der Waals surface area contributed by atoms with Crippen molar-refractivity contribution in [1.82, 2.24) is 25.4 Å². The molecule has 2 aromatic rings. The molecule has 7 nitrogen and oxygen atoms in total. The van der Waals surface area contributed by atoms with Crippen molar-refractivity contribution < 1.29 is 9.59 Å². The van der Waals surface area contributed by atoms with Crippen LogP contribution in [0.4, 0.5) is 4.79 Å². The molecule has 0 aliphatic carbocycles. The number of hydrogen-bond acceptors (Lipinski definition) is 5. The van der Waals surface area contributed by atoms with Crippen LogP contribution in [0.25, 0.3) is 11.4 Å². The lowest BCUT2D eigenvalue weighted by molar-refractivity contribution is -0.117. The molecule has 0 bridgehead atoms. The molecular formula is C22H31N5O2S. The third-order valence-corrected chi connectivity index (χ3v) is 5.26. The maximum atomic E-state index is 12.1. The van der Waals surface area contributed by atoms with Gasteiger partial charge in [0.15, 0.2) is 11.0 Å². The van der Waals surface area contributed by atoms with Gasteiger partial charge in [-0.1, -0.05) is 76.7 Å². The normalized spacial score (nSPS) is 11.4. The number of benzene rings is 1. The van der Waals surface area contributed by atoms with Crippen molar-refractivity contribution in [3.05, 3.63) is 42.5 Å². The van der Waals surface area contributed by atoms with E-state index in [-0.39, 0.29) is 17.1 Å². The lowest BCUT2D eigenvalue weighted by Crippen LogP contribution is -2.41. The van der Waals surface area contributed by atoms with E-state index in [4.69, 9.17) is 0 Å². The second-order valence-electron chi connectivity index (χ2n) is 8.47. The number of hydrogen-bond donors (Lipinski definition) is 2. The van der Waals surface area contributed by atoms with Gasteiger partial charge in [0.05, 0.1) is 5.75 Å². The van der Waals surface area contributed by atoms with E-state index in [1.54, 1.807) is 6.08 Å². The van der Waals surface area contributed by atoms with E-state index in [9.17, 15) is 9.59 Å². The summed E-state index contributed by atoms with van der Waals surface area (Å²) in [4.78, 5) is 23.8. The van der Waals surface area contributed by atoms with E-state index in [2.05, 4.69) is 60.3 Å². The summed E-state index contributed by atoms with van der Waals surface area (Å²) in [6, 6.07) is 7.77. The Morgan fingerprint density at radius 3 is 2.43 bits per heavy atom. The zero-order valence-electron chi connectivity index (χ0n) is 18.4. The van der Waals surface area contributed by atoms with Gasteiger partial charge < -0.3 is 5.32 Å². The van der Waals surface area contributed by atoms with Gasteiger partial charge in [-0.05, 0) is 16.9 Å². The number of aromatic nitrogens is 3. The molecule has 8 heteroatoms. The van der Waals surface area contributed by atoms with E-state index < -0.39 is 6.03 Å². The predicted octanol–water partition coefficient (Wildman–Crippen LogP) is 4.00. The molecule has 0 spiro atoms. The van der Waals surface area contributed by atoms with Crippen LogP contribution in [0.2, 0.25) is 0 Å². The Morgan fingerprint density at radius 1 is 1.20 bits per heavy atom. The minimum absolute atomic E-state index is 0.0628. The topological polar surface area (TPSA) is 88.9 Å².